The van der Waals surface area contributed by atoms with E-state index in [0.717, 1.165) is 12.8 Å². The van der Waals surface area contributed by atoms with E-state index in [-0.39, 0.29) is 12.1 Å². The molecule has 0 radical (unpaired) electrons. The summed E-state index contributed by atoms with van der Waals surface area (Å²) < 4.78 is 23.8. The first-order valence-electron chi connectivity index (χ1n) is 4.66. The van der Waals surface area contributed by atoms with Gasteiger partial charge in [0.15, 0.2) is 0 Å². The van der Waals surface area contributed by atoms with Gasteiger partial charge < -0.3 is 5.32 Å². The highest BCUT2D eigenvalue weighted by Gasteiger charge is 2.26. The number of nitrogens with one attached hydrogen (secondary N) is 1. The Balaban J connectivity index is 2.26. The smallest absolute Gasteiger partial charge is 0.250 e. The summed E-state index contributed by atoms with van der Waals surface area (Å²) in [5.41, 5.74) is -0.0192. The van der Waals surface area contributed by atoms with Crippen LogP contribution >= 0.6 is 0 Å². The Bertz CT molecular complexity index is 130. The molecular formula is C9H17F2N. The molecule has 72 valence electrons. The molecule has 0 atom stereocenters. The van der Waals surface area contributed by atoms with Gasteiger partial charge in [-0.25, -0.2) is 8.78 Å². The Hall–Kier alpha value is -0.180. The highest BCUT2D eigenvalue weighted by Crippen LogP contribution is 2.27. The maximum atomic E-state index is 11.9. The summed E-state index contributed by atoms with van der Waals surface area (Å²) in [5.74, 6) is 0. The van der Waals surface area contributed by atoms with E-state index >= 15 is 0 Å². The van der Waals surface area contributed by atoms with Crippen LogP contribution in [0.1, 0.15) is 39.0 Å². The number of hydrogen-bond donors (Lipinski definition) is 1. The third kappa shape index (κ3) is 3.05. The van der Waals surface area contributed by atoms with Crippen LogP contribution < -0.4 is 5.32 Å². The fourth-order valence-corrected chi connectivity index (χ4v) is 1.83. The van der Waals surface area contributed by atoms with Gasteiger partial charge in [-0.2, -0.15) is 0 Å². The average Bonchev–Trinajstić information content (AvgIpc) is 2.03. The zero-order valence-corrected chi connectivity index (χ0v) is 7.58. The summed E-state index contributed by atoms with van der Waals surface area (Å²) in [6, 6.07) is 0. The van der Waals surface area contributed by atoms with Gasteiger partial charge in [-0.3, -0.25) is 0 Å². The van der Waals surface area contributed by atoms with E-state index < -0.39 is 6.43 Å². The van der Waals surface area contributed by atoms with Crippen LogP contribution in [-0.2, 0) is 0 Å². The molecule has 0 spiro atoms. The van der Waals surface area contributed by atoms with Gasteiger partial charge in [-0.1, -0.05) is 19.3 Å². The van der Waals surface area contributed by atoms with Crippen molar-refractivity contribution >= 4 is 0 Å². The Morgan fingerprint density at radius 3 is 2.33 bits per heavy atom. The molecule has 1 saturated carbocycles. The van der Waals surface area contributed by atoms with Crippen molar-refractivity contribution in [1.82, 2.24) is 5.32 Å². The highest BCUT2D eigenvalue weighted by atomic mass is 19.3. The first-order chi connectivity index (χ1) is 5.62. The highest BCUT2D eigenvalue weighted by molar-refractivity contribution is 4.86. The predicted molar refractivity (Wildman–Crippen MR) is 45.5 cm³/mol. The van der Waals surface area contributed by atoms with Gasteiger partial charge in [0.05, 0.1) is 6.54 Å². The van der Waals surface area contributed by atoms with E-state index in [0.29, 0.717) is 0 Å². The van der Waals surface area contributed by atoms with Gasteiger partial charge in [0.2, 0.25) is 0 Å². The molecule has 1 fully saturated rings. The average molecular weight is 177 g/mol. The lowest BCUT2D eigenvalue weighted by molar-refractivity contribution is 0.122. The lowest BCUT2D eigenvalue weighted by Gasteiger charge is -2.34. The molecule has 0 aromatic carbocycles. The first-order valence-corrected chi connectivity index (χ1v) is 4.66. The lowest BCUT2D eigenvalue weighted by Crippen LogP contribution is -2.45. The molecule has 0 aromatic heterocycles. The number of alkyl halides is 2. The molecule has 0 amide bonds. The molecule has 1 rings (SSSR count). The quantitative estimate of drug-likeness (QED) is 0.698. The minimum atomic E-state index is -2.22. The van der Waals surface area contributed by atoms with Crippen molar-refractivity contribution in [2.45, 2.75) is 51.0 Å². The van der Waals surface area contributed by atoms with E-state index in [1.807, 2.05) is 0 Å². The summed E-state index contributed by atoms with van der Waals surface area (Å²) in [4.78, 5) is 0. The molecule has 0 aromatic rings. The van der Waals surface area contributed by atoms with E-state index in [1.54, 1.807) is 0 Å². The third-order valence-corrected chi connectivity index (χ3v) is 2.64. The fourth-order valence-electron chi connectivity index (χ4n) is 1.83. The van der Waals surface area contributed by atoms with Crippen molar-refractivity contribution in [3.8, 4) is 0 Å². The van der Waals surface area contributed by atoms with Crippen LogP contribution in [0.4, 0.5) is 8.78 Å². The van der Waals surface area contributed by atoms with Gasteiger partial charge in [0.1, 0.15) is 0 Å². The van der Waals surface area contributed by atoms with E-state index in [4.69, 9.17) is 0 Å². The molecule has 1 aliphatic carbocycles. The molecule has 1 nitrogen and oxygen atoms in total. The Morgan fingerprint density at radius 2 is 1.83 bits per heavy atom. The van der Waals surface area contributed by atoms with Crippen LogP contribution in [0.5, 0.6) is 0 Å². The SMILES string of the molecule is CC1(NCC(F)F)CCCCC1. The van der Waals surface area contributed by atoms with Crippen molar-refractivity contribution in [1.29, 1.82) is 0 Å². The Labute approximate surface area is 72.5 Å². The zero-order chi connectivity index (χ0) is 9.03. The van der Waals surface area contributed by atoms with Crippen LogP contribution in [0.3, 0.4) is 0 Å². The first kappa shape index (κ1) is 9.90. The molecule has 3 heteroatoms. The van der Waals surface area contributed by atoms with Crippen LogP contribution in [0.15, 0.2) is 0 Å². The molecule has 1 aliphatic rings. The van der Waals surface area contributed by atoms with E-state index in [9.17, 15) is 8.78 Å². The van der Waals surface area contributed by atoms with Crippen molar-refractivity contribution in [2.24, 2.45) is 0 Å². The topological polar surface area (TPSA) is 12.0 Å². The molecule has 0 heterocycles. The van der Waals surface area contributed by atoms with Crippen LogP contribution in [0.25, 0.3) is 0 Å². The van der Waals surface area contributed by atoms with Crippen molar-refractivity contribution in [2.75, 3.05) is 6.54 Å². The third-order valence-electron chi connectivity index (χ3n) is 2.64. The monoisotopic (exact) mass is 177 g/mol. The van der Waals surface area contributed by atoms with Crippen LogP contribution in [0.2, 0.25) is 0 Å². The minimum Gasteiger partial charge on any atom is -0.306 e. The summed E-state index contributed by atoms with van der Waals surface area (Å²) in [7, 11) is 0. The number of rotatable bonds is 3. The summed E-state index contributed by atoms with van der Waals surface area (Å²) >= 11 is 0. The van der Waals surface area contributed by atoms with Crippen LogP contribution in [0, 0.1) is 0 Å². The van der Waals surface area contributed by atoms with E-state index in [2.05, 4.69) is 12.2 Å². The van der Waals surface area contributed by atoms with Gasteiger partial charge in [-0.05, 0) is 19.8 Å². The summed E-state index contributed by atoms with van der Waals surface area (Å²) in [6.45, 7) is 1.89. The zero-order valence-electron chi connectivity index (χ0n) is 7.58. The standard InChI is InChI=1S/C9H17F2N/c1-9(12-7-8(10)11)5-3-2-4-6-9/h8,12H,2-7H2,1H3. The second kappa shape index (κ2) is 4.17. The Kier molecular flexibility index (Phi) is 3.44. The lowest BCUT2D eigenvalue weighted by atomic mass is 9.83. The minimum absolute atomic E-state index is 0.0192. The van der Waals surface area contributed by atoms with Gasteiger partial charge in [0.25, 0.3) is 6.43 Å². The maximum Gasteiger partial charge on any atom is 0.250 e. The van der Waals surface area contributed by atoms with Crippen molar-refractivity contribution in [3.05, 3.63) is 0 Å². The van der Waals surface area contributed by atoms with Gasteiger partial charge in [0, 0.05) is 5.54 Å². The maximum absolute atomic E-state index is 11.9. The predicted octanol–water partition coefficient (Wildman–Crippen LogP) is 2.56. The van der Waals surface area contributed by atoms with Gasteiger partial charge in [-0.15, -0.1) is 0 Å². The van der Waals surface area contributed by atoms with Crippen molar-refractivity contribution < 1.29 is 8.78 Å². The normalized spacial score (nSPS) is 23.0. The molecule has 0 aliphatic heterocycles. The largest absolute Gasteiger partial charge is 0.306 e. The number of hydrogen-bond acceptors (Lipinski definition) is 1. The Morgan fingerprint density at radius 1 is 1.25 bits per heavy atom. The summed E-state index contributed by atoms with van der Waals surface area (Å²) in [6.07, 6.45) is 3.47. The van der Waals surface area contributed by atoms with Crippen molar-refractivity contribution in [3.63, 3.8) is 0 Å². The second-order valence-electron chi connectivity index (χ2n) is 3.89. The molecule has 0 unspecified atom stereocenters. The molecule has 0 bridgehead atoms. The van der Waals surface area contributed by atoms with Gasteiger partial charge >= 0.3 is 0 Å². The molecule has 1 N–H and O–H groups in total. The molecular weight excluding hydrogens is 160 g/mol. The molecule has 12 heavy (non-hydrogen) atoms. The second-order valence-corrected chi connectivity index (χ2v) is 3.89. The number of halogens is 2. The fraction of sp³-hybridized carbons (Fsp3) is 1.00. The molecule has 0 saturated heterocycles. The van der Waals surface area contributed by atoms with Crippen LogP contribution in [-0.4, -0.2) is 18.5 Å². The van der Waals surface area contributed by atoms with E-state index in [1.165, 1.54) is 19.3 Å². The summed E-state index contributed by atoms with van der Waals surface area (Å²) in [5, 5.41) is 2.95.